The Morgan fingerprint density at radius 1 is 1.40 bits per heavy atom. The van der Waals surface area contributed by atoms with Gasteiger partial charge in [-0.25, -0.2) is 4.98 Å². The van der Waals surface area contributed by atoms with E-state index in [2.05, 4.69) is 4.98 Å². The zero-order chi connectivity index (χ0) is 17.6. The molecule has 6 nitrogen and oxygen atoms in total. The molecular weight excluding hydrogens is 320 g/mol. The van der Waals surface area contributed by atoms with Gasteiger partial charge in [0.2, 0.25) is 5.76 Å². The molecule has 1 saturated carbocycles. The minimum atomic E-state index is -0.550. The van der Waals surface area contributed by atoms with Crippen molar-refractivity contribution in [2.45, 2.75) is 44.2 Å². The SMILES string of the molecule is COc1cccc([C@H]2C[C@H](O)CN2C(=O)c2oc(C3CC3)nc2C)c1. The van der Waals surface area contributed by atoms with Gasteiger partial charge < -0.3 is 19.2 Å². The molecule has 1 amide bonds. The normalized spacial score (nSPS) is 23.1. The number of benzene rings is 1. The van der Waals surface area contributed by atoms with E-state index in [0.29, 0.717) is 36.2 Å². The van der Waals surface area contributed by atoms with E-state index in [-0.39, 0.29) is 11.9 Å². The van der Waals surface area contributed by atoms with Crippen molar-refractivity contribution < 1.29 is 19.1 Å². The maximum Gasteiger partial charge on any atom is 0.292 e. The second-order valence-corrected chi connectivity index (χ2v) is 6.88. The predicted molar refractivity (Wildman–Crippen MR) is 90.6 cm³/mol. The number of aliphatic hydroxyl groups excluding tert-OH is 1. The summed E-state index contributed by atoms with van der Waals surface area (Å²) >= 11 is 0. The Balaban J connectivity index is 1.63. The highest BCUT2D eigenvalue weighted by molar-refractivity contribution is 5.93. The fraction of sp³-hybridized carbons (Fsp3) is 0.474. The van der Waals surface area contributed by atoms with Crippen molar-refractivity contribution in [2.24, 2.45) is 0 Å². The van der Waals surface area contributed by atoms with E-state index in [9.17, 15) is 9.90 Å². The largest absolute Gasteiger partial charge is 0.497 e. The molecule has 0 spiro atoms. The first kappa shape index (κ1) is 16.1. The molecule has 2 atom stereocenters. The number of aromatic nitrogens is 1. The van der Waals surface area contributed by atoms with Crippen LogP contribution >= 0.6 is 0 Å². The van der Waals surface area contributed by atoms with Crippen molar-refractivity contribution in [1.82, 2.24) is 9.88 Å². The third-order valence-electron chi connectivity index (χ3n) is 4.95. The average Bonchev–Trinajstić information content (AvgIpc) is 3.29. The number of amides is 1. The first-order valence-electron chi connectivity index (χ1n) is 8.67. The number of carbonyl (C=O) groups is 1. The number of ether oxygens (including phenoxy) is 1. The first-order valence-corrected chi connectivity index (χ1v) is 8.67. The number of aliphatic hydroxyl groups is 1. The van der Waals surface area contributed by atoms with Crippen LogP contribution in [0, 0.1) is 6.92 Å². The monoisotopic (exact) mass is 342 g/mol. The summed E-state index contributed by atoms with van der Waals surface area (Å²) in [5.41, 5.74) is 1.57. The fourth-order valence-corrected chi connectivity index (χ4v) is 3.45. The molecule has 1 N–H and O–H groups in total. The lowest BCUT2D eigenvalue weighted by Crippen LogP contribution is -2.32. The van der Waals surface area contributed by atoms with Crippen molar-refractivity contribution >= 4 is 5.91 Å². The fourth-order valence-electron chi connectivity index (χ4n) is 3.45. The Hall–Kier alpha value is -2.34. The number of likely N-dealkylation sites (tertiary alicyclic amines) is 1. The summed E-state index contributed by atoms with van der Waals surface area (Å²) in [4.78, 5) is 19.2. The van der Waals surface area contributed by atoms with Crippen molar-refractivity contribution in [3.63, 3.8) is 0 Å². The average molecular weight is 342 g/mol. The van der Waals surface area contributed by atoms with E-state index in [4.69, 9.17) is 9.15 Å². The molecule has 2 aromatic rings. The van der Waals surface area contributed by atoms with Crippen molar-refractivity contribution in [3.05, 3.63) is 47.2 Å². The molecule has 25 heavy (non-hydrogen) atoms. The number of rotatable bonds is 4. The van der Waals surface area contributed by atoms with Crippen LogP contribution in [0.5, 0.6) is 5.75 Å². The first-order chi connectivity index (χ1) is 12.1. The van der Waals surface area contributed by atoms with Crippen LogP contribution in [0.25, 0.3) is 0 Å². The molecule has 1 saturated heterocycles. The molecular formula is C19H22N2O4. The molecule has 2 heterocycles. The van der Waals surface area contributed by atoms with Gasteiger partial charge in [-0.15, -0.1) is 0 Å². The van der Waals surface area contributed by atoms with Crippen molar-refractivity contribution in [3.8, 4) is 5.75 Å². The van der Waals surface area contributed by atoms with Crippen LogP contribution in [0.15, 0.2) is 28.7 Å². The Morgan fingerprint density at radius 2 is 2.20 bits per heavy atom. The van der Waals surface area contributed by atoms with Crippen LogP contribution in [0.4, 0.5) is 0 Å². The number of hydrogen-bond acceptors (Lipinski definition) is 5. The summed E-state index contributed by atoms with van der Waals surface area (Å²) in [6.45, 7) is 2.09. The second-order valence-electron chi connectivity index (χ2n) is 6.88. The van der Waals surface area contributed by atoms with E-state index < -0.39 is 6.10 Å². The Kier molecular flexibility index (Phi) is 4.00. The zero-order valence-electron chi connectivity index (χ0n) is 14.4. The quantitative estimate of drug-likeness (QED) is 0.925. The number of aryl methyl sites for hydroxylation is 1. The van der Waals surface area contributed by atoms with Crippen molar-refractivity contribution in [1.29, 1.82) is 0 Å². The predicted octanol–water partition coefficient (Wildman–Crippen LogP) is 2.82. The molecule has 4 rings (SSSR count). The highest BCUT2D eigenvalue weighted by Gasteiger charge is 2.39. The summed E-state index contributed by atoms with van der Waals surface area (Å²) in [6.07, 6.45) is 2.10. The second kappa shape index (κ2) is 6.19. The molecule has 132 valence electrons. The van der Waals surface area contributed by atoms with E-state index in [0.717, 1.165) is 24.2 Å². The number of carbonyl (C=O) groups excluding carboxylic acids is 1. The Morgan fingerprint density at radius 3 is 2.92 bits per heavy atom. The Bertz CT molecular complexity index is 796. The van der Waals surface area contributed by atoms with E-state index >= 15 is 0 Å². The highest BCUT2D eigenvalue weighted by atomic mass is 16.5. The molecule has 1 aliphatic carbocycles. The number of methoxy groups -OCH3 is 1. The van der Waals surface area contributed by atoms with Gasteiger partial charge in [0.05, 0.1) is 24.9 Å². The molecule has 1 aromatic heterocycles. The molecule has 6 heteroatoms. The lowest BCUT2D eigenvalue weighted by molar-refractivity contribution is 0.0680. The van der Waals surface area contributed by atoms with Gasteiger partial charge in [0.1, 0.15) is 5.75 Å². The molecule has 2 aliphatic rings. The number of oxazole rings is 1. The van der Waals surface area contributed by atoms with Gasteiger partial charge in [-0.2, -0.15) is 0 Å². The van der Waals surface area contributed by atoms with Crippen LogP contribution in [0.1, 0.15) is 58.9 Å². The molecule has 0 radical (unpaired) electrons. The maximum atomic E-state index is 13.1. The van der Waals surface area contributed by atoms with Gasteiger partial charge in [0, 0.05) is 12.5 Å². The van der Waals surface area contributed by atoms with Gasteiger partial charge in [-0.3, -0.25) is 4.79 Å². The third kappa shape index (κ3) is 3.02. The van der Waals surface area contributed by atoms with Crippen LogP contribution in [0.3, 0.4) is 0 Å². The smallest absolute Gasteiger partial charge is 0.292 e. The number of nitrogens with zero attached hydrogens (tertiary/aromatic N) is 2. The summed E-state index contributed by atoms with van der Waals surface area (Å²) in [5.74, 6) is 1.85. The zero-order valence-corrected chi connectivity index (χ0v) is 14.4. The maximum absolute atomic E-state index is 13.1. The third-order valence-corrected chi connectivity index (χ3v) is 4.95. The van der Waals surface area contributed by atoms with Gasteiger partial charge in [0.25, 0.3) is 5.91 Å². The molecule has 1 aromatic carbocycles. The summed E-state index contributed by atoms with van der Waals surface area (Å²) < 4.78 is 11.1. The lowest BCUT2D eigenvalue weighted by Gasteiger charge is -2.24. The molecule has 0 bridgehead atoms. The molecule has 1 aliphatic heterocycles. The van der Waals surface area contributed by atoms with Gasteiger partial charge in [-0.05, 0) is 43.9 Å². The minimum Gasteiger partial charge on any atom is -0.497 e. The van der Waals surface area contributed by atoms with Gasteiger partial charge in [-0.1, -0.05) is 12.1 Å². The summed E-state index contributed by atoms with van der Waals surface area (Å²) in [7, 11) is 1.61. The van der Waals surface area contributed by atoms with E-state index in [1.807, 2.05) is 24.3 Å². The van der Waals surface area contributed by atoms with Crippen LogP contribution in [0.2, 0.25) is 0 Å². The standard InChI is InChI=1S/C19H22N2O4/c1-11-17(25-18(20-11)12-6-7-12)19(23)21-10-14(22)9-16(21)13-4-3-5-15(8-13)24-2/h3-5,8,12,14,16,22H,6-7,9-10H2,1-2H3/t14-,16+/m0/s1. The van der Waals surface area contributed by atoms with E-state index in [1.54, 1.807) is 18.9 Å². The van der Waals surface area contributed by atoms with Crippen LogP contribution in [-0.2, 0) is 0 Å². The van der Waals surface area contributed by atoms with E-state index in [1.165, 1.54) is 0 Å². The topological polar surface area (TPSA) is 75.8 Å². The van der Waals surface area contributed by atoms with Crippen molar-refractivity contribution in [2.75, 3.05) is 13.7 Å². The molecule has 2 fully saturated rings. The van der Waals surface area contributed by atoms with Crippen LogP contribution in [-0.4, -0.2) is 40.7 Å². The highest BCUT2D eigenvalue weighted by Crippen LogP contribution is 2.41. The van der Waals surface area contributed by atoms with Gasteiger partial charge >= 0.3 is 0 Å². The van der Waals surface area contributed by atoms with Crippen LogP contribution < -0.4 is 4.74 Å². The minimum absolute atomic E-state index is 0.202. The number of β-amino-alcohol motifs (C(OH)–C–C–N with tert-alkyl or cyclic N) is 1. The van der Waals surface area contributed by atoms with Gasteiger partial charge in [0.15, 0.2) is 5.89 Å². The summed E-state index contributed by atoms with van der Waals surface area (Å²) in [6, 6.07) is 7.42. The lowest BCUT2D eigenvalue weighted by atomic mass is 10.0. The Labute approximate surface area is 146 Å². The summed E-state index contributed by atoms with van der Waals surface area (Å²) in [5, 5.41) is 10.2. The number of hydrogen-bond donors (Lipinski definition) is 1. The molecule has 0 unspecified atom stereocenters.